The molecule has 2 aromatic heterocycles. The summed E-state index contributed by atoms with van der Waals surface area (Å²) in [5.41, 5.74) is 2.17. The number of methoxy groups -OCH3 is 1. The first-order valence-electron chi connectivity index (χ1n) is 8.73. The van der Waals surface area contributed by atoms with Crippen LogP contribution in [-0.2, 0) is 0 Å². The summed E-state index contributed by atoms with van der Waals surface area (Å²) < 4.78 is 20.8. The van der Waals surface area contributed by atoms with Gasteiger partial charge >= 0.3 is 0 Å². The summed E-state index contributed by atoms with van der Waals surface area (Å²) in [6.45, 7) is 0. The Morgan fingerprint density at radius 2 is 2.03 bits per heavy atom. The highest BCUT2D eigenvalue weighted by molar-refractivity contribution is 5.76. The molecule has 1 unspecified atom stereocenters. The summed E-state index contributed by atoms with van der Waals surface area (Å²) >= 11 is 0. The minimum absolute atomic E-state index is 0.259. The molecule has 0 aliphatic carbocycles. The molecule has 0 saturated carbocycles. The predicted octanol–water partition coefficient (Wildman–Crippen LogP) is 2.27. The molecule has 1 aliphatic rings. The molecule has 1 atom stereocenters. The van der Waals surface area contributed by atoms with Crippen molar-refractivity contribution in [2.24, 2.45) is 0 Å². The van der Waals surface area contributed by atoms with E-state index in [1.807, 2.05) is 18.2 Å². The van der Waals surface area contributed by atoms with Crippen LogP contribution in [0.2, 0.25) is 0 Å². The lowest BCUT2D eigenvalue weighted by Crippen LogP contribution is -2.29. The Hall–Kier alpha value is -4.08. The van der Waals surface area contributed by atoms with E-state index in [2.05, 4.69) is 31.0 Å². The van der Waals surface area contributed by atoms with E-state index in [9.17, 15) is 9.18 Å². The molecule has 29 heavy (non-hydrogen) atoms. The molecule has 0 fully saturated rings. The zero-order chi connectivity index (χ0) is 20.0. The third-order valence-electron chi connectivity index (χ3n) is 4.78. The van der Waals surface area contributed by atoms with Crippen LogP contribution < -0.4 is 15.6 Å². The van der Waals surface area contributed by atoms with Gasteiger partial charge in [0.15, 0.2) is 0 Å². The maximum atomic E-state index is 14.0. The minimum Gasteiger partial charge on any atom is -0.497 e. The molecule has 0 radical (unpaired) electrons. The van der Waals surface area contributed by atoms with Gasteiger partial charge in [-0.25, -0.2) is 9.49 Å². The number of tetrazole rings is 1. The van der Waals surface area contributed by atoms with Gasteiger partial charge < -0.3 is 10.1 Å². The summed E-state index contributed by atoms with van der Waals surface area (Å²) in [5, 5.41) is 21.4. The zero-order valence-electron chi connectivity index (χ0n) is 15.1. The number of hydrogen-bond acceptors (Lipinski definition) is 7. The molecular weight excluding hydrogens is 377 g/mol. The molecule has 9 nitrogen and oxygen atoms in total. The lowest BCUT2D eigenvalue weighted by Gasteiger charge is -2.27. The van der Waals surface area contributed by atoms with Crippen LogP contribution in [0.15, 0.2) is 53.3 Å². The normalized spacial score (nSPS) is 14.6. The summed E-state index contributed by atoms with van der Waals surface area (Å²) in [6, 6.07) is 12.7. The number of nitrogens with zero attached hydrogens (tertiary/aromatic N) is 5. The summed E-state index contributed by atoms with van der Waals surface area (Å²) in [5.74, 6) is 0.511. The first-order chi connectivity index (χ1) is 14.2. The van der Waals surface area contributed by atoms with E-state index in [1.165, 1.54) is 16.8 Å². The zero-order valence-corrected chi connectivity index (χ0v) is 15.1. The van der Waals surface area contributed by atoms with E-state index in [-0.39, 0.29) is 11.6 Å². The monoisotopic (exact) mass is 391 g/mol. The first kappa shape index (κ1) is 17.0. The van der Waals surface area contributed by atoms with E-state index >= 15 is 0 Å². The average molecular weight is 391 g/mol. The van der Waals surface area contributed by atoms with Gasteiger partial charge in [0, 0.05) is 11.1 Å². The lowest BCUT2D eigenvalue weighted by molar-refractivity contribution is 0.415. The second kappa shape index (κ2) is 6.51. The maximum absolute atomic E-state index is 14.0. The van der Waals surface area contributed by atoms with Crippen LogP contribution in [0.1, 0.15) is 17.2 Å². The molecule has 144 valence electrons. The Labute approximate surface area is 163 Å². The van der Waals surface area contributed by atoms with Crippen molar-refractivity contribution in [1.29, 1.82) is 0 Å². The molecule has 2 N–H and O–H groups in total. The fraction of sp³-hybridized carbons (Fsp3) is 0.105. The molecule has 10 heteroatoms. The standard InChI is InChI=1S/C19H14FN7O2/c1-29-13-7-3-4-10(9-13)15-14-16(18(28)23-22-15)21-19-24-25-26-27(19)17(14)11-5-2-6-12(20)8-11/h2-9,17H,1H3,(H,23,28)(H,21,24,26). The number of benzene rings is 2. The van der Waals surface area contributed by atoms with Gasteiger partial charge in [-0.1, -0.05) is 29.4 Å². The van der Waals surface area contributed by atoms with Crippen LogP contribution in [0.5, 0.6) is 5.75 Å². The van der Waals surface area contributed by atoms with E-state index in [1.54, 1.807) is 25.3 Å². The number of anilines is 2. The Morgan fingerprint density at radius 1 is 1.17 bits per heavy atom. The van der Waals surface area contributed by atoms with Crippen LogP contribution in [0.25, 0.3) is 11.3 Å². The number of H-pyrrole nitrogens is 1. The van der Waals surface area contributed by atoms with Gasteiger partial charge in [0.25, 0.3) is 5.56 Å². The number of rotatable bonds is 3. The molecule has 0 bridgehead atoms. The van der Waals surface area contributed by atoms with Gasteiger partial charge in [0.2, 0.25) is 5.95 Å². The van der Waals surface area contributed by atoms with Crippen LogP contribution >= 0.6 is 0 Å². The second-order valence-corrected chi connectivity index (χ2v) is 6.45. The summed E-state index contributed by atoms with van der Waals surface area (Å²) in [6.07, 6.45) is 0. The summed E-state index contributed by atoms with van der Waals surface area (Å²) in [4.78, 5) is 12.6. The van der Waals surface area contributed by atoms with Crippen molar-refractivity contribution in [3.05, 3.63) is 75.8 Å². The SMILES string of the molecule is COc1cccc(-c2n[nH]c(=O)c3c2C(c2cccc(F)c2)n2nnnc2N3)c1. The molecular formula is C19H14FN7O2. The second-order valence-electron chi connectivity index (χ2n) is 6.45. The third-order valence-corrected chi connectivity index (χ3v) is 4.78. The number of hydrogen-bond donors (Lipinski definition) is 2. The topological polar surface area (TPSA) is 111 Å². The fourth-order valence-corrected chi connectivity index (χ4v) is 3.51. The van der Waals surface area contributed by atoms with Crippen molar-refractivity contribution in [2.75, 3.05) is 12.4 Å². The number of aromatic nitrogens is 6. The van der Waals surface area contributed by atoms with Gasteiger partial charge in [-0.2, -0.15) is 9.78 Å². The predicted molar refractivity (Wildman–Crippen MR) is 102 cm³/mol. The molecule has 5 rings (SSSR count). The van der Waals surface area contributed by atoms with Gasteiger partial charge in [-0.15, -0.1) is 0 Å². The highest BCUT2D eigenvalue weighted by Crippen LogP contribution is 2.41. The molecule has 0 amide bonds. The van der Waals surface area contributed by atoms with Crippen molar-refractivity contribution < 1.29 is 9.13 Å². The molecule has 2 aromatic carbocycles. The molecule has 1 aliphatic heterocycles. The van der Waals surface area contributed by atoms with E-state index in [4.69, 9.17) is 4.74 Å². The van der Waals surface area contributed by atoms with Crippen molar-refractivity contribution in [3.8, 4) is 17.0 Å². The Balaban J connectivity index is 1.82. The number of halogens is 1. The lowest BCUT2D eigenvalue weighted by atomic mass is 9.92. The maximum Gasteiger partial charge on any atom is 0.288 e. The molecule has 0 spiro atoms. The number of fused-ring (bicyclic) bond motifs is 2. The highest BCUT2D eigenvalue weighted by atomic mass is 19.1. The first-order valence-corrected chi connectivity index (χ1v) is 8.73. The molecule has 0 saturated heterocycles. The van der Waals surface area contributed by atoms with E-state index in [0.29, 0.717) is 22.6 Å². The Kier molecular flexibility index (Phi) is 3.83. The van der Waals surface area contributed by atoms with Gasteiger partial charge in [-0.05, 0) is 40.3 Å². The molecule has 3 heterocycles. The average Bonchev–Trinajstić information content (AvgIpc) is 3.21. The Bertz CT molecular complexity index is 1280. The van der Waals surface area contributed by atoms with Crippen LogP contribution in [0.3, 0.4) is 0 Å². The van der Waals surface area contributed by atoms with Crippen LogP contribution in [0, 0.1) is 5.82 Å². The van der Waals surface area contributed by atoms with E-state index in [0.717, 1.165) is 5.56 Å². The Morgan fingerprint density at radius 3 is 2.86 bits per heavy atom. The van der Waals surface area contributed by atoms with Crippen molar-refractivity contribution in [3.63, 3.8) is 0 Å². The number of ether oxygens (including phenoxy) is 1. The van der Waals surface area contributed by atoms with Gasteiger partial charge in [0.1, 0.15) is 23.3 Å². The van der Waals surface area contributed by atoms with Gasteiger partial charge in [-0.3, -0.25) is 4.79 Å². The van der Waals surface area contributed by atoms with Crippen molar-refractivity contribution in [2.45, 2.75) is 6.04 Å². The fourth-order valence-electron chi connectivity index (χ4n) is 3.51. The third kappa shape index (κ3) is 2.73. The number of nitrogens with one attached hydrogen (secondary N) is 2. The van der Waals surface area contributed by atoms with Crippen LogP contribution in [-0.4, -0.2) is 37.5 Å². The van der Waals surface area contributed by atoms with Crippen LogP contribution in [0.4, 0.5) is 16.0 Å². The summed E-state index contributed by atoms with van der Waals surface area (Å²) in [7, 11) is 1.57. The van der Waals surface area contributed by atoms with Crippen molar-refractivity contribution >= 4 is 11.6 Å². The van der Waals surface area contributed by atoms with E-state index < -0.39 is 17.4 Å². The largest absolute Gasteiger partial charge is 0.497 e. The smallest absolute Gasteiger partial charge is 0.288 e. The minimum atomic E-state index is -0.650. The molecule has 4 aromatic rings. The highest BCUT2D eigenvalue weighted by Gasteiger charge is 2.34. The quantitative estimate of drug-likeness (QED) is 0.485. The van der Waals surface area contributed by atoms with Crippen molar-refractivity contribution in [1.82, 2.24) is 30.4 Å². The van der Waals surface area contributed by atoms with Gasteiger partial charge in [0.05, 0.1) is 12.8 Å². The number of aromatic amines is 1.